The van der Waals surface area contributed by atoms with Gasteiger partial charge in [-0.05, 0) is 62.1 Å². The minimum Gasteiger partial charge on any atom is -0.478 e. The third kappa shape index (κ3) is 8.08. The normalized spacial score (nSPS) is 12.7. The second-order valence-electron chi connectivity index (χ2n) is 10.9. The predicted molar refractivity (Wildman–Crippen MR) is 154 cm³/mol. The SMILES string of the molecule is CC(C)C(NCc1cccc(C(=O)O)c1)C(=O)C(=O)Nc1ccc(-c2ccccc2)c(S(=O)(=O)NC(C)(C)C)c1. The number of rotatable bonds is 11. The second-order valence-corrected chi connectivity index (χ2v) is 12.5. The number of aromatic carboxylic acids is 1. The van der Waals surface area contributed by atoms with Crippen LogP contribution < -0.4 is 15.4 Å². The number of hydrogen-bond donors (Lipinski definition) is 4. The van der Waals surface area contributed by atoms with Crippen LogP contribution in [-0.2, 0) is 26.2 Å². The zero-order valence-corrected chi connectivity index (χ0v) is 24.0. The Kier molecular flexibility index (Phi) is 9.62. The van der Waals surface area contributed by atoms with Crippen molar-refractivity contribution in [1.82, 2.24) is 10.0 Å². The molecular weight excluding hydrogens is 530 g/mol. The van der Waals surface area contributed by atoms with Gasteiger partial charge in [-0.2, -0.15) is 0 Å². The van der Waals surface area contributed by atoms with E-state index in [1.54, 1.807) is 83.1 Å². The molecule has 1 amide bonds. The molecule has 3 aromatic carbocycles. The van der Waals surface area contributed by atoms with Crippen molar-refractivity contribution >= 4 is 33.4 Å². The van der Waals surface area contributed by atoms with E-state index >= 15 is 0 Å². The van der Waals surface area contributed by atoms with Crippen molar-refractivity contribution in [2.75, 3.05) is 5.32 Å². The lowest BCUT2D eigenvalue weighted by Gasteiger charge is -2.23. The van der Waals surface area contributed by atoms with Gasteiger partial charge in [0.1, 0.15) is 0 Å². The first-order valence-electron chi connectivity index (χ1n) is 12.8. The lowest BCUT2D eigenvalue weighted by Crippen LogP contribution is -2.46. The Labute approximate surface area is 235 Å². The Bertz CT molecular complexity index is 1500. The van der Waals surface area contributed by atoms with Gasteiger partial charge in [0.25, 0.3) is 5.91 Å². The Morgan fingerprint density at radius 2 is 1.57 bits per heavy atom. The molecule has 212 valence electrons. The van der Waals surface area contributed by atoms with E-state index in [1.807, 2.05) is 6.07 Å². The van der Waals surface area contributed by atoms with E-state index in [-0.39, 0.29) is 28.6 Å². The third-order valence-corrected chi connectivity index (χ3v) is 7.73. The lowest BCUT2D eigenvalue weighted by atomic mass is 9.98. The van der Waals surface area contributed by atoms with Crippen molar-refractivity contribution in [3.8, 4) is 11.1 Å². The van der Waals surface area contributed by atoms with Gasteiger partial charge in [-0.15, -0.1) is 0 Å². The minimum atomic E-state index is -3.99. The fourth-order valence-electron chi connectivity index (χ4n) is 4.14. The minimum absolute atomic E-state index is 0.0317. The van der Waals surface area contributed by atoms with Gasteiger partial charge in [0.15, 0.2) is 0 Å². The summed E-state index contributed by atoms with van der Waals surface area (Å²) < 4.78 is 29.4. The Morgan fingerprint density at radius 3 is 2.17 bits per heavy atom. The van der Waals surface area contributed by atoms with Crippen LogP contribution in [0.5, 0.6) is 0 Å². The number of ketones is 1. The molecule has 0 heterocycles. The molecular formula is C30H35N3O6S. The van der Waals surface area contributed by atoms with Gasteiger partial charge in [0.05, 0.1) is 16.5 Å². The summed E-state index contributed by atoms with van der Waals surface area (Å²) in [6.07, 6.45) is 0. The monoisotopic (exact) mass is 565 g/mol. The van der Waals surface area contributed by atoms with Crippen molar-refractivity contribution in [2.24, 2.45) is 5.92 Å². The average Bonchev–Trinajstić information content (AvgIpc) is 2.87. The van der Waals surface area contributed by atoms with Crippen molar-refractivity contribution in [3.05, 3.63) is 83.9 Å². The number of carboxylic acids is 1. The zero-order valence-electron chi connectivity index (χ0n) is 23.2. The van der Waals surface area contributed by atoms with Crippen LogP contribution >= 0.6 is 0 Å². The first-order valence-corrected chi connectivity index (χ1v) is 14.3. The maximum atomic E-state index is 13.4. The first-order chi connectivity index (χ1) is 18.7. The van der Waals surface area contributed by atoms with Gasteiger partial charge in [-0.3, -0.25) is 9.59 Å². The van der Waals surface area contributed by atoms with Crippen molar-refractivity contribution in [3.63, 3.8) is 0 Å². The summed E-state index contributed by atoms with van der Waals surface area (Å²) in [6.45, 7) is 8.94. The molecule has 0 saturated heterocycles. The van der Waals surface area contributed by atoms with E-state index in [2.05, 4.69) is 15.4 Å². The summed E-state index contributed by atoms with van der Waals surface area (Å²) >= 11 is 0. The summed E-state index contributed by atoms with van der Waals surface area (Å²) in [5.74, 6) is -2.94. The van der Waals surface area contributed by atoms with Gasteiger partial charge in [0, 0.05) is 23.3 Å². The van der Waals surface area contributed by atoms with Crippen molar-refractivity contribution < 1.29 is 27.9 Å². The maximum Gasteiger partial charge on any atom is 0.335 e. The molecule has 0 fully saturated rings. The summed E-state index contributed by atoms with van der Waals surface area (Å²) in [5.41, 5.74) is 1.31. The third-order valence-electron chi connectivity index (χ3n) is 5.93. The largest absolute Gasteiger partial charge is 0.478 e. The topological polar surface area (TPSA) is 142 Å². The molecule has 0 aliphatic carbocycles. The molecule has 10 heteroatoms. The van der Waals surface area contributed by atoms with Crippen LogP contribution in [0.25, 0.3) is 11.1 Å². The number of sulfonamides is 1. The molecule has 0 aliphatic heterocycles. The summed E-state index contributed by atoms with van der Waals surface area (Å²) in [5, 5.41) is 14.8. The van der Waals surface area contributed by atoms with Crippen LogP contribution in [0, 0.1) is 5.92 Å². The number of nitrogens with one attached hydrogen (secondary N) is 3. The Balaban J connectivity index is 1.86. The quantitative estimate of drug-likeness (QED) is 0.252. The van der Waals surface area contributed by atoms with Crippen LogP contribution in [0.2, 0.25) is 0 Å². The van der Waals surface area contributed by atoms with Gasteiger partial charge in [-0.25, -0.2) is 17.9 Å². The number of carbonyl (C=O) groups excluding carboxylic acids is 2. The van der Waals surface area contributed by atoms with Crippen LogP contribution in [0.15, 0.2) is 77.7 Å². The van der Waals surface area contributed by atoms with Crippen LogP contribution in [0.3, 0.4) is 0 Å². The maximum absolute atomic E-state index is 13.4. The fraction of sp³-hybridized carbons (Fsp3) is 0.300. The molecule has 0 aromatic heterocycles. The molecule has 3 aromatic rings. The second kappa shape index (κ2) is 12.5. The highest BCUT2D eigenvalue weighted by Crippen LogP contribution is 2.31. The summed E-state index contributed by atoms with van der Waals surface area (Å²) in [4.78, 5) is 37.4. The van der Waals surface area contributed by atoms with Crippen molar-refractivity contribution in [2.45, 2.75) is 57.6 Å². The molecule has 0 spiro atoms. The van der Waals surface area contributed by atoms with Gasteiger partial charge < -0.3 is 15.7 Å². The van der Waals surface area contributed by atoms with Crippen LogP contribution in [0.1, 0.15) is 50.5 Å². The van der Waals surface area contributed by atoms with Crippen LogP contribution in [-0.4, -0.2) is 42.8 Å². The molecule has 0 saturated carbocycles. The highest BCUT2D eigenvalue weighted by atomic mass is 32.2. The Hall–Kier alpha value is -3.86. The molecule has 3 rings (SSSR count). The van der Waals surface area contributed by atoms with E-state index in [1.165, 1.54) is 18.2 Å². The standard InChI is InChI=1S/C30H35N3O6S/c1-19(2)26(31-18-20-10-9-13-22(16-20)29(36)37)27(34)28(35)32-23-14-15-24(21-11-7-6-8-12-21)25(17-23)40(38,39)33-30(3,4)5/h6-17,19,26,31,33H,18H2,1-5H3,(H,32,35)(H,36,37). The molecule has 0 aliphatic rings. The van der Waals surface area contributed by atoms with E-state index in [4.69, 9.17) is 0 Å². The van der Waals surface area contributed by atoms with E-state index < -0.39 is 39.3 Å². The van der Waals surface area contributed by atoms with Gasteiger partial charge in [0.2, 0.25) is 15.8 Å². The van der Waals surface area contributed by atoms with E-state index in [0.29, 0.717) is 16.7 Å². The van der Waals surface area contributed by atoms with Gasteiger partial charge in [-0.1, -0.05) is 62.4 Å². The zero-order chi connectivity index (χ0) is 29.7. The Morgan fingerprint density at radius 1 is 0.900 bits per heavy atom. The smallest absolute Gasteiger partial charge is 0.335 e. The average molecular weight is 566 g/mol. The first kappa shape index (κ1) is 30.7. The number of amides is 1. The molecule has 40 heavy (non-hydrogen) atoms. The highest BCUT2D eigenvalue weighted by Gasteiger charge is 2.29. The molecule has 4 N–H and O–H groups in total. The number of carboxylic acid groups (broad SMARTS) is 1. The number of carbonyl (C=O) groups is 3. The lowest BCUT2D eigenvalue weighted by molar-refractivity contribution is -0.136. The van der Waals surface area contributed by atoms with Crippen LogP contribution in [0.4, 0.5) is 5.69 Å². The fourth-order valence-corrected chi connectivity index (χ4v) is 5.82. The number of anilines is 1. The molecule has 0 radical (unpaired) electrons. The molecule has 1 atom stereocenters. The summed E-state index contributed by atoms with van der Waals surface area (Å²) in [7, 11) is -3.99. The predicted octanol–water partition coefficient (Wildman–Crippen LogP) is 4.45. The van der Waals surface area contributed by atoms with E-state index in [0.717, 1.165) is 0 Å². The highest BCUT2D eigenvalue weighted by molar-refractivity contribution is 7.89. The summed E-state index contributed by atoms with van der Waals surface area (Å²) in [6, 6.07) is 18.9. The number of benzene rings is 3. The number of Topliss-reactive ketones (excluding diaryl/α,β-unsaturated/α-hetero) is 1. The van der Waals surface area contributed by atoms with Crippen molar-refractivity contribution in [1.29, 1.82) is 0 Å². The number of hydrogen-bond acceptors (Lipinski definition) is 6. The van der Waals surface area contributed by atoms with E-state index in [9.17, 15) is 27.9 Å². The molecule has 9 nitrogen and oxygen atoms in total. The molecule has 0 bridgehead atoms. The molecule has 1 unspecified atom stereocenters. The van der Waals surface area contributed by atoms with Gasteiger partial charge >= 0.3 is 5.97 Å².